The van der Waals surface area contributed by atoms with Crippen LogP contribution in [-0.2, 0) is 16.0 Å². The van der Waals surface area contributed by atoms with Crippen molar-refractivity contribution in [2.75, 3.05) is 20.4 Å². The highest BCUT2D eigenvalue weighted by Crippen LogP contribution is 2.44. The number of fused-ring (bicyclic) bond motifs is 5. The number of hydrogen-bond acceptors (Lipinski definition) is 7. The van der Waals surface area contributed by atoms with Crippen LogP contribution in [-0.4, -0.2) is 75.4 Å². The summed E-state index contributed by atoms with van der Waals surface area (Å²) in [5.74, 6) is 1.28. The van der Waals surface area contributed by atoms with E-state index in [-0.39, 0.29) is 31.2 Å². The summed E-state index contributed by atoms with van der Waals surface area (Å²) in [6.07, 6.45) is 0.509. The van der Waals surface area contributed by atoms with Crippen molar-refractivity contribution in [2.24, 2.45) is 0 Å². The van der Waals surface area contributed by atoms with E-state index in [4.69, 9.17) is 24.5 Å². The lowest BCUT2D eigenvalue weighted by Crippen LogP contribution is -2.62. The Labute approximate surface area is 189 Å². The van der Waals surface area contributed by atoms with Crippen LogP contribution in [0.2, 0.25) is 0 Å². The zero-order chi connectivity index (χ0) is 23.3. The van der Waals surface area contributed by atoms with E-state index < -0.39 is 13.4 Å². The zero-order valence-electron chi connectivity index (χ0n) is 17.8. The van der Waals surface area contributed by atoms with E-state index in [0.29, 0.717) is 17.9 Å². The van der Waals surface area contributed by atoms with E-state index >= 15 is 0 Å². The Hall–Kier alpha value is -3.54. The molecule has 170 valence electrons. The molecule has 11 heteroatoms. The summed E-state index contributed by atoms with van der Waals surface area (Å²) < 4.78 is 11.0. The number of carbonyl (C=O) groups is 2. The number of carbonyl (C=O) groups excluding carboxylic acids is 2. The molecule has 2 aromatic carbocycles. The van der Waals surface area contributed by atoms with Crippen LogP contribution in [0.4, 0.5) is 0 Å². The maximum Gasteiger partial charge on any atom is 0.631 e. The largest absolute Gasteiger partial charge is 0.631 e. The predicted molar refractivity (Wildman–Crippen MR) is 117 cm³/mol. The summed E-state index contributed by atoms with van der Waals surface area (Å²) in [6.45, 7) is 0.279. The summed E-state index contributed by atoms with van der Waals surface area (Å²) >= 11 is 0. The summed E-state index contributed by atoms with van der Waals surface area (Å²) in [7, 11) is -0.474. The van der Waals surface area contributed by atoms with E-state index in [1.165, 1.54) is 4.90 Å². The SMILES string of the molecule is CN1CC(=O)N2[C@H](c3ccc4c(c3)OCO4)c3[nH]c4ccccc4c3C[C@@H]2C1=O.OB(O)O. The third-order valence-corrected chi connectivity index (χ3v) is 6.17. The van der Waals surface area contributed by atoms with Gasteiger partial charge >= 0.3 is 7.32 Å². The second kappa shape index (κ2) is 8.11. The number of aromatic nitrogens is 1. The van der Waals surface area contributed by atoms with Crippen LogP contribution in [0.25, 0.3) is 10.9 Å². The zero-order valence-corrected chi connectivity index (χ0v) is 17.8. The monoisotopic (exact) mass is 451 g/mol. The van der Waals surface area contributed by atoms with Gasteiger partial charge in [0.05, 0.1) is 12.6 Å². The fourth-order valence-corrected chi connectivity index (χ4v) is 4.84. The van der Waals surface area contributed by atoms with Crippen molar-refractivity contribution in [1.29, 1.82) is 0 Å². The number of H-pyrrole nitrogens is 1. The average molecular weight is 451 g/mol. The Bertz CT molecular complexity index is 1240. The average Bonchev–Trinajstić information content (AvgIpc) is 3.39. The fourth-order valence-electron chi connectivity index (χ4n) is 4.84. The number of amides is 2. The number of aromatic amines is 1. The van der Waals surface area contributed by atoms with Crippen molar-refractivity contribution in [3.63, 3.8) is 0 Å². The molecule has 0 spiro atoms. The molecule has 4 N–H and O–H groups in total. The topological polar surface area (TPSA) is 136 Å². The number of benzene rings is 2. The van der Waals surface area contributed by atoms with Crippen LogP contribution in [0.1, 0.15) is 22.9 Å². The van der Waals surface area contributed by atoms with Gasteiger partial charge in [-0.25, -0.2) is 0 Å². The third-order valence-electron chi connectivity index (χ3n) is 6.17. The number of likely N-dealkylation sites (N-methyl/N-ethyl adjacent to an activating group) is 1. The second-order valence-corrected chi connectivity index (χ2v) is 8.14. The minimum atomic E-state index is -2.17. The Morgan fingerprint density at radius 3 is 2.58 bits per heavy atom. The first-order chi connectivity index (χ1) is 15.8. The van der Waals surface area contributed by atoms with E-state index in [1.54, 1.807) is 11.9 Å². The summed E-state index contributed by atoms with van der Waals surface area (Å²) in [4.78, 5) is 32.9. The molecule has 33 heavy (non-hydrogen) atoms. The molecule has 0 aliphatic carbocycles. The molecule has 6 rings (SSSR count). The smallest absolute Gasteiger partial charge is 0.454 e. The molecule has 2 atom stereocenters. The van der Waals surface area contributed by atoms with Gasteiger partial charge in [-0.3, -0.25) is 9.59 Å². The van der Waals surface area contributed by atoms with Crippen molar-refractivity contribution < 1.29 is 34.1 Å². The molecule has 3 aliphatic heterocycles. The number of hydrogen-bond donors (Lipinski definition) is 4. The van der Waals surface area contributed by atoms with Crippen molar-refractivity contribution in [3.05, 3.63) is 59.3 Å². The molecule has 1 fully saturated rings. The molecule has 4 heterocycles. The Morgan fingerprint density at radius 1 is 1.06 bits per heavy atom. The Morgan fingerprint density at radius 2 is 1.79 bits per heavy atom. The lowest BCUT2D eigenvalue weighted by molar-refractivity contribution is -0.157. The molecule has 0 unspecified atom stereocenters. The minimum absolute atomic E-state index is 0.0220. The third kappa shape index (κ3) is 3.60. The van der Waals surface area contributed by atoms with Gasteiger partial charge in [0.1, 0.15) is 6.04 Å². The number of para-hydroxylation sites is 1. The molecule has 0 radical (unpaired) electrons. The van der Waals surface area contributed by atoms with Crippen LogP contribution in [0, 0.1) is 0 Å². The molecule has 1 saturated heterocycles. The van der Waals surface area contributed by atoms with Crippen LogP contribution in [0.5, 0.6) is 11.5 Å². The first kappa shape index (κ1) is 21.3. The van der Waals surface area contributed by atoms with Gasteiger partial charge in [-0.15, -0.1) is 0 Å². The molecule has 3 aliphatic rings. The van der Waals surface area contributed by atoms with E-state index in [1.807, 2.05) is 36.4 Å². The summed E-state index contributed by atoms with van der Waals surface area (Å²) in [6, 6.07) is 12.9. The van der Waals surface area contributed by atoms with Crippen LogP contribution in [0.3, 0.4) is 0 Å². The second-order valence-electron chi connectivity index (χ2n) is 8.14. The molecular formula is C22H22BN3O7. The molecular weight excluding hydrogens is 429 g/mol. The minimum Gasteiger partial charge on any atom is -0.454 e. The number of ether oxygens (including phenoxy) is 2. The van der Waals surface area contributed by atoms with Gasteiger partial charge in [0.25, 0.3) is 0 Å². The standard InChI is InChI=1S/C22H19N3O4.BH3O3/c1-24-10-19(26)25-16(22(24)27)9-14-13-4-2-3-5-15(13)23-20(14)21(25)12-6-7-17-18(8-12)29-11-28-17;2-1(3)4/h2-8,16,21,23H,9-11H2,1H3;2-4H/t16-,21-;/m1./s1. The fraction of sp³-hybridized carbons (Fsp3) is 0.273. The molecule has 1 aromatic heterocycles. The maximum absolute atomic E-state index is 13.1. The van der Waals surface area contributed by atoms with Gasteiger partial charge in [-0.2, -0.15) is 0 Å². The highest BCUT2D eigenvalue weighted by Gasteiger charge is 2.47. The molecule has 2 amide bonds. The van der Waals surface area contributed by atoms with Crippen molar-refractivity contribution >= 4 is 30.0 Å². The molecule has 0 saturated carbocycles. The lowest BCUT2D eigenvalue weighted by atomic mass is 9.86. The molecule has 0 bridgehead atoms. The number of nitrogens with one attached hydrogen (secondary N) is 1. The lowest BCUT2D eigenvalue weighted by Gasteiger charge is -2.46. The van der Waals surface area contributed by atoms with Gasteiger partial charge in [-0.1, -0.05) is 24.3 Å². The van der Waals surface area contributed by atoms with E-state index in [9.17, 15) is 9.59 Å². The Balaban J connectivity index is 0.000000531. The normalized spacial score (nSPS) is 20.8. The van der Waals surface area contributed by atoms with E-state index in [0.717, 1.165) is 27.7 Å². The first-order valence-corrected chi connectivity index (χ1v) is 10.4. The number of rotatable bonds is 1. The van der Waals surface area contributed by atoms with Crippen molar-refractivity contribution in [2.45, 2.75) is 18.5 Å². The van der Waals surface area contributed by atoms with Crippen LogP contribution >= 0.6 is 0 Å². The summed E-state index contributed by atoms with van der Waals surface area (Å²) in [5, 5.41) is 22.6. The number of piperazine rings is 1. The number of nitrogens with zero attached hydrogens (tertiary/aromatic N) is 2. The van der Waals surface area contributed by atoms with Gasteiger partial charge < -0.3 is 39.3 Å². The highest BCUT2D eigenvalue weighted by molar-refractivity contribution is 6.30. The Kier molecular flexibility index (Phi) is 5.24. The van der Waals surface area contributed by atoms with Gasteiger partial charge in [0.15, 0.2) is 11.5 Å². The summed E-state index contributed by atoms with van der Waals surface area (Å²) in [5.41, 5.74) is 3.97. The quantitative estimate of drug-likeness (QED) is 0.387. The molecule has 3 aromatic rings. The van der Waals surface area contributed by atoms with Crippen LogP contribution < -0.4 is 9.47 Å². The molecule has 10 nitrogen and oxygen atoms in total. The van der Waals surface area contributed by atoms with Crippen LogP contribution in [0.15, 0.2) is 42.5 Å². The first-order valence-electron chi connectivity index (χ1n) is 10.4. The van der Waals surface area contributed by atoms with Crippen molar-refractivity contribution in [1.82, 2.24) is 14.8 Å². The van der Waals surface area contributed by atoms with Crippen molar-refractivity contribution in [3.8, 4) is 11.5 Å². The maximum atomic E-state index is 13.1. The highest BCUT2D eigenvalue weighted by atomic mass is 16.7. The van der Waals surface area contributed by atoms with Gasteiger partial charge in [0.2, 0.25) is 18.6 Å². The predicted octanol–water partition coefficient (Wildman–Crippen LogP) is 0.159. The van der Waals surface area contributed by atoms with Gasteiger partial charge in [0, 0.05) is 30.1 Å². The van der Waals surface area contributed by atoms with E-state index in [2.05, 4.69) is 11.1 Å². The van der Waals surface area contributed by atoms with Gasteiger partial charge in [-0.05, 0) is 29.3 Å².